The van der Waals surface area contributed by atoms with E-state index >= 15 is 0 Å². The Labute approximate surface area is 181 Å². The van der Waals surface area contributed by atoms with E-state index in [4.69, 9.17) is 15.0 Å². The molecule has 0 unspecified atom stereocenters. The highest BCUT2D eigenvalue weighted by Crippen LogP contribution is 2.29. The molecule has 0 fully saturated rings. The van der Waals surface area contributed by atoms with E-state index in [0.717, 1.165) is 48.1 Å². The highest BCUT2D eigenvalue weighted by Gasteiger charge is 2.30. The van der Waals surface area contributed by atoms with E-state index in [2.05, 4.69) is 34.9 Å². The maximum atomic E-state index is 9.70. The summed E-state index contributed by atoms with van der Waals surface area (Å²) in [7, 11) is 0. The van der Waals surface area contributed by atoms with Crippen molar-refractivity contribution in [2.75, 3.05) is 18.0 Å². The number of hydrogen-bond acceptors (Lipinski definition) is 7. The molecule has 156 valence electrons. The predicted molar refractivity (Wildman–Crippen MR) is 122 cm³/mol. The standard InChI is InChI=1S/C23H24N8/c1-5-16-22(18-10-8-9-13-25-18)31-23(28-16)21(19(14-24)29-31)27-17-11-12-20(26-15(17)4)30(6-2)7-3/h8-13H,5-7H2,1-4H3/b27-21-. The topological polar surface area (TPSA) is 95.3 Å². The first kappa shape index (κ1) is 20.4. The van der Waals surface area contributed by atoms with Crippen molar-refractivity contribution in [3.63, 3.8) is 0 Å². The average molecular weight is 413 g/mol. The molecule has 8 nitrogen and oxygen atoms in total. The third-order valence-corrected chi connectivity index (χ3v) is 5.27. The third-order valence-electron chi connectivity index (χ3n) is 5.27. The first-order valence-electron chi connectivity index (χ1n) is 10.4. The molecule has 8 heteroatoms. The van der Waals surface area contributed by atoms with Crippen molar-refractivity contribution in [3.05, 3.63) is 53.7 Å². The summed E-state index contributed by atoms with van der Waals surface area (Å²) in [6.45, 7) is 9.94. The molecule has 3 aromatic heterocycles. The van der Waals surface area contributed by atoms with Crippen LogP contribution < -0.4 is 4.90 Å². The maximum absolute atomic E-state index is 9.70. The Hall–Kier alpha value is -3.86. The van der Waals surface area contributed by atoms with Crippen molar-refractivity contribution in [3.8, 4) is 17.5 Å². The van der Waals surface area contributed by atoms with E-state index in [1.54, 1.807) is 10.9 Å². The van der Waals surface area contributed by atoms with Gasteiger partial charge in [0.25, 0.3) is 0 Å². The van der Waals surface area contributed by atoms with E-state index < -0.39 is 0 Å². The second-order valence-electron chi connectivity index (χ2n) is 7.08. The lowest BCUT2D eigenvalue weighted by molar-refractivity contribution is 0.842. The summed E-state index contributed by atoms with van der Waals surface area (Å²) in [4.78, 5) is 20.9. The molecule has 0 amide bonds. The molecule has 4 heterocycles. The van der Waals surface area contributed by atoms with Crippen molar-refractivity contribution in [2.24, 2.45) is 10.1 Å². The largest absolute Gasteiger partial charge is 0.357 e. The predicted octanol–water partition coefficient (Wildman–Crippen LogP) is 3.92. The zero-order chi connectivity index (χ0) is 22.0. The molecule has 1 aliphatic heterocycles. The number of aryl methyl sites for hydroxylation is 2. The number of anilines is 1. The van der Waals surface area contributed by atoms with Crippen LogP contribution in [0.2, 0.25) is 0 Å². The van der Waals surface area contributed by atoms with Crippen LogP contribution >= 0.6 is 0 Å². The van der Waals surface area contributed by atoms with E-state index in [-0.39, 0.29) is 5.71 Å². The number of aliphatic imine (C=N–C) groups is 1. The monoisotopic (exact) mass is 412 g/mol. The van der Waals surface area contributed by atoms with Gasteiger partial charge in [0.15, 0.2) is 11.5 Å². The van der Waals surface area contributed by atoms with Crippen molar-refractivity contribution in [1.82, 2.24) is 19.6 Å². The molecule has 4 rings (SSSR count). The zero-order valence-corrected chi connectivity index (χ0v) is 18.2. The minimum absolute atomic E-state index is 0.231. The van der Waals surface area contributed by atoms with Crippen molar-refractivity contribution >= 4 is 22.9 Å². The van der Waals surface area contributed by atoms with Gasteiger partial charge >= 0.3 is 0 Å². The highest BCUT2D eigenvalue weighted by molar-refractivity contribution is 6.54. The molecular weight excluding hydrogens is 388 g/mol. The van der Waals surface area contributed by atoms with E-state index in [9.17, 15) is 5.26 Å². The van der Waals surface area contributed by atoms with Gasteiger partial charge in [-0.05, 0) is 51.5 Å². The summed E-state index contributed by atoms with van der Waals surface area (Å²) in [6, 6.07) is 11.8. The fourth-order valence-electron chi connectivity index (χ4n) is 3.65. The van der Waals surface area contributed by atoms with Gasteiger partial charge in [-0.25, -0.2) is 19.6 Å². The van der Waals surface area contributed by atoms with Crippen LogP contribution in [0.4, 0.5) is 11.5 Å². The van der Waals surface area contributed by atoms with Crippen LogP contribution in [-0.4, -0.2) is 44.1 Å². The van der Waals surface area contributed by atoms with Gasteiger partial charge in [-0.3, -0.25) is 4.98 Å². The Morgan fingerprint density at radius 1 is 1.10 bits per heavy atom. The molecule has 0 atom stereocenters. The summed E-state index contributed by atoms with van der Waals surface area (Å²) < 4.78 is 1.69. The molecule has 0 radical (unpaired) electrons. The minimum Gasteiger partial charge on any atom is -0.357 e. The van der Waals surface area contributed by atoms with Gasteiger partial charge in [0.1, 0.15) is 23.3 Å². The number of nitrogens with zero attached hydrogens (tertiary/aromatic N) is 8. The quantitative estimate of drug-likeness (QED) is 0.611. The molecular formula is C23H24N8. The van der Waals surface area contributed by atoms with Crippen molar-refractivity contribution in [1.29, 1.82) is 5.26 Å². The van der Waals surface area contributed by atoms with Gasteiger partial charge < -0.3 is 4.90 Å². The lowest BCUT2D eigenvalue weighted by Crippen LogP contribution is -2.23. The maximum Gasteiger partial charge on any atom is 0.190 e. The zero-order valence-electron chi connectivity index (χ0n) is 18.2. The summed E-state index contributed by atoms with van der Waals surface area (Å²) >= 11 is 0. The Morgan fingerprint density at radius 2 is 1.90 bits per heavy atom. The number of rotatable bonds is 6. The number of hydrogen-bond donors (Lipinski definition) is 0. The second kappa shape index (κ2) is 8.48. The fraction of sp³-hybridized carbons (Fsp3) is 0.304. The van der Waals surface area contributed by atoms with Crippen LogP contribution in [0, 0.1) is 18.3 Å². The highest BCUT2D eigenvalue weighted by atomic mass is 15.4. The Morgan fingerprint density at radius 3 is 2.52 bits per heavy atom. The van der Waals surface area contributed by atoms with Crippen LogP contribution in [0.25, 0.3) is 11.4 Å². The fourth-order valence-corrected chi connectivity index (χ4v) is 3.65. The molecule has 0 aromatic carbocycles. The van der Waals surface area contributed by atoms with Crippen molar-refractivity contribution in [2.45, 2.75) is 34.1 Å². The van der Waals surface area contributed by atoms with E-state index in [0.29, 0.717) is 17.2 Å². The number of aromatic nitrogens is 4. The van der Waals surface area contributed by atoms with E-state index in [1.807, 2.05) is 44.2 Å². The SMILES string of the molecule is CCc1nc2n(c1-c1ccccn1)N=C(C#N)/C2=N/c1ccc(N(CC)CC)nc1C. The van der Waals surface area contributed by atoms with Crippen LogP contribution in [-0.2, 0) is 6.42 Å². The average Bonchev–Trinajstić information content (AvgIpc) is 3.32. The van der Waals surface area contributed by atoms with Crippen LogP contribution in [0.5, 0.6) is 0 Å². The Balaban J connectivity index is 1.82. The minimum atomic E-state index is 0.231. The van der Waals surface area contributed by atoms with Gasteiger partial charge in [-0.15, -0.1) is 0 Å². The number of nitriles is 1. The van der Waals surface area contributed by atoms with Gasteiger partial charge in [0.2, 0.25) is 0 Å². The number of fused-ring (bicyclic) bond motifs is 1. The normalized spacial score (nSPS) is 13.8. The smallest absolute Gasteiger partial charge is 0.190 e. The molecule has 0 bridgehead atoms. The summed E-state index contributed by atoms with van der Waals surface area (Å²) in [6.07, 6.45) is 2.45. The molecule has 3 aromatic rings. The summed E-state index contributed by atoms with van der Waals surface area (Å²) in [5.41, 5.74) is 4.61. The molecule has 0 saturated carbocycles. The van der Waals surface area contributed by atoms with E-state index in [1.165, 1.54) is 0 Å². The van der Waals surface area contributed by atoms with Crippen LogP contribution in [0.15, 0.2) is 46.6 Å². The molecule has 31 heavy (non-hydrogen) atoms. The van der Waals surface area contributed by atoms with Crippen LogP contribution in [0.1, 0.15) is 38.0 Å². The number of pyridine rings is 2. The summed E-state index contributed by atoms with van der Waals surface area (Å²) in [5.74, 6) is 1.47. The lowest BCUT2D eigenvalue weighted by atomic mass is 10.2. The first-order chi connectivity index (χ1) is 15.1. The first-order valence-corrected chi connectivity index (χ1v) is 10.4. The molecule has 1 aliphatic rings. The van der Waals surface area contributed by atoms with Gasteiger partial charge in [0.05, 0.1) is 22.8 Å². The molecule has 0 N–H and O–H groups in total. The summed E-state index contributed by atoms with van der Waals surface area (Å²) in [5, 5.41) is 14.2. The molecule has 0 spiro atoms. The van der Waals surface area contributed by atoms with Crippen LogP contribution in [0.3, 0.4) is 0 Å². The lowest BCUT2D eigenvalue weighted by Gasteiger charge is -2.20. The second-order valence-corrected chi connectivity index (χ2v) is 7.08. The Bertz CT molecular complexity index is 1210. The van der Waals surface area contributed by atoms with Gasteiger partial charge in [-0.1, -0.05) is 13.0 Å². The number of imidazole rings is 1. The van der Waals surface area contributed by atoms with Crippen molar-refractivity contribution < 1.29 is 0 Å². The molecule has 0 saturated heterocycles. The Kier molecular flexibility index (Phi) is 5.58. The van der Waals surface area contributed by atoms with Gasteiger partial charge in [-0.2, -0.15) is 10.4 Å². The molecule has 0 aliphatic carbocycles. The third kappa shape index (κ3) is 3.59. The van der Waals surface area contributed by atoms with Gasteiger partial charge in [0, 0.05) is 19.3 Å².